The van der Waals surface area contributed by atoms with Gasteiger partial charge < -0.3 is 11.1 Å². The third-order valence-corrected chi connectivity index (χ3v) is 5.04. The van der Waals surface area contributed by atoms with Crippen LogP contribution in [0, 0.1) is 11.3 Å². The molecule has 0 heterocycles. The minimum atomic E-state index is -0.154. The normalized spacial score (nSPS) is 13.0. The van der Waals surface area contributed by atoms with Gasteiger partial charge >= 0.3 is 0 Å². The number of rotatable bonds is 8. The second kappa shape index (κ2) is 10.2. The Morgan fingerprint density at radius 2 is 1.60 bits per heavy atom. The maximum atomic E-state index is 12.8. The Bertz CT molecular complexity index is 1010. The summed E-state index contributed by atoms with van der Waals surface area (Å²) in [6.07, 6.45) is 4.84. The van der Waals surface area contributed by atoms with Crippen LogP contribution in [0.15, 0.2) is 91.0 Å². The van der Waals surface area contributed by atoms with Crippen LogP contribution in [0.5, 0.6) is 0 Å². The van der Waals surface area contributed by atoms with Crippen molar-refractivity contribution in [1.82, 2.24) is 5.32 Å². The zero-order valence-corrected chi connectivity index (χ0v) is 17.1. The number of nitrogen functional groups attached to an aromatic ring is 1. The molecule has 1 amide bonds. The van der Waals surface area contributed by atoms with Gasteiger partial charge in [-0.3, -0.25) is 10.2 Å². The molecule has 0 fully saturated rings. The Kier molecular flexibility index (Phi) is 7.17. The van der Waals surface area contributed by atoms with E-state index in [1.165, 1.54) is 0 Å². The van der Waals surface area contributed by atoms with E-state index >= 15 is 0 Å². The van der Waals surface area contributed by atoms with E-state index in [4.69, 9.17) is 11.1 Å². The zero-order valence-electron chi connectivity index (χ0n) is 17.1. The average molecular weight is 398 g/mol. The lowest BCUT2D eigenvalue weighted by molar-refractivity contribution is 0.0935. The summed E-state index contributed by atoms with van der Waals surface area (Å²) in [5, 5.41) is 10.8. The van der Waals surface area contributed by atoms with E-state index in [1.807, 2.05) is 91.0 Å². The van der Waals surface area contributed by atoms with Crippen LogP contribution in [0.1, 0.15) is 34.0 Å². The molecule has 0 bridgehead atoms. The van der Waals surface area contributed by atoms with Crippen molar-refractivity contribution in [2.24, 2.45) is 11.7 Å². The van der Waals surface area contributed by atoms with Crippen molar-refractivity contribution >= 4 is 17.8 Å². The smallest absolute Gasteiger partial charge is 0.251 e. The average Bonchev–Trinajstić information content (AvgIpc) is 2.77. The molecule has 4 nitrogen and oxygen atoms in total. The van der Waals surface area contributed by atoms with Crippen LogP contribution in [0.4, 0.5) is 0 Å². The van der Waals surface area contributed by atoms with Gasteiger partial charge in [-0.15, -0.1) is 0 Å². The van der Waals surface area contributed by atoms with Gasteiger partial charge in [-0.25, -0.2) is 0 Å². The van der Waals surface area contributed by atoms with Crippen molar-refractivity contribution in [3.8, 4) is 0 Å². The van der Waals surface area contributed by atoms with Crippen LogP contribution in [0.2, 0.25) is 0 Å². The number of amides is 1. The van der Waals surface area contributed by atoms with Gasteiger partial charge in [0.15, 0.2) is 0 Å². The number of carbonyl (C=O) groups is 1. The van der Waals surface area contributed by atoms with Crippen molar-refractivity contribution in [3.05, 3.63) is 113 Å². The molecule has 3 aromatic carbocycles. The SMILES string of the molecule is C[C@H](Cc1cccc(C(=N)N)c1)C(/C=C/c1ccccc1)NC(=O)c1ccccc1. The van der Waals surface area contributed by atoms with Gasteiger partial charge in [0.25, 0.3) is 5.91 Å². The topological polar surface area (TPSA) is 79.0 Å². The molecule has 3 rings (SSSR count). The lowest BCUT2D eigenvalue weighted by Gasteiger charge is -2.23. The maximum absolute atomic E-state index is 12.8. The number of amidine groups is 1. The van der Waals surface area contributed by atoms with Crippen molar-refractivity contribution in [1.29, 1.82) is 5.41 Å². The summed E-state index contributed by atoms with van der Waals surface area (Å²) < 4.78 is 0. The number of carbonyl (C=O) groups excluding carboxylic acids is 1. The summed E-state index contributed by atoms with van der Waals surface area (Å²) in [6, 6.07) is 26.8. The number of hydrogen-bond donors (Lipinski definition) is 3. The van der Waals surface area contributed by atoms with Crippen LogP contribution in [-0.2, 0) is 6.42 Å². The molecule has 0 aliphatic rings. The summed E-state index contributed by atoms with van der Waals surface area (Å²) in [5.41, 5.74) is 9.15. The molecule has 1 unspecified atom stereocenters. The van der Waals surface area contributed by atoms with Gasteiger partial charge in [0.1, 0.15) is 5.84 Å². The first kappa shape index (κ1) is 21.1. The summed E-state index contributed by atoms with van der Waals surface area (Å²) in [4.78, 5) is 12.8. The second-order valence-electron chi connectivity index (χ2n) is 7.43. The summed E-state index contributed by atoms with van der Waals surface area (Å²) in [7, 11) is 0. The number of nitrogens with one attached hydrogen (secondary N) is 2. The predicted molar refractivity (Wildman–Crippen MR) is 123 cm³/mol. The van der Waals surface area contributed by atoms with Gasteiger partial charge in [0.05, 0.1) is 6.04 Å². The van der Waals surface area contributed by atoms with E-state index < -0.39 is 0 Å². The van der Waals surface area contributed by atoms with Crippen LogP contribution >= 0.6 is 0 Å². The Morgan fingerprint density at radius 3 is 2.27 bits per heavy atom. The van der Waals surface area contributed by atoms with Crippen molar-refractivity contribution in [3.63, 3.8) is 0 Å². The molecule has 4 N–H and O–H groups in total. The summed E-state index contributed by atoms with van der Waals surface area (Å²) in [5.74, 6) is 0.102. The molecule has 0 saturated carbocycles. The van der Waals surface area contributed by atoms with E-state index in [-0.39, 0.29) is 23.7 Å². The number of benzene rings is 3. The largest absolute Gasteiger partial charge is 0.384 e. The van der Waals surface area contributed by atoms with E-state index in [0.717, 1.165) is 17.5 Å². The molecule has 152 valence electrons. The highest BCUT2D eigenvalue weighted by Gasteiger charge is 2.18. The quantitative estimate of drug-likeness (QED) is 0.382. The number of nitrogens with two attached hydrogens (primary N) is 1. The van der Waals surface area contributed by atoms with Gasteiger partial charge in [0.2, 0.25) is 0 Å². The maximum Gasteiger partial charge on any atom is 0.251 e. The molecule has 0 aliphatic heterocycles. The minimum Gasteiger partial charge on any atom is -0.384 e. The summed E-state index contributed by atoms with van der Waals surface area (Å²) >= 11 is 0. The molecular formula is C26H27N3O. The molecule has 30 heavy (non-hydrogen) atoms. The van der Waals surface area contributed by atoms with Crippen LogP contribution < -0.4 is 11.1 Å². The lowest BCUT2D eigenvalue weighted by Crippen LogP contribution is -2.38. The lowest BCUT2D eigenvalue weighted by atomic mass is 9.92. The first-order valence-electron chi connectivity index (χ1n) is 10.1. The molecule has 2 atom stereocenters. The van der Waals surface area contributed by atoms with E-state index in [2.05, 4.69) is 18.3 Å². The fraction of sp³-hybridized carbons (Fsp3) is 0.154. The van der Waals surface area contributed by atoms with E-state index in [9.17, 15) is 4.79 Å². The Hall–Kier alpha value is -3.66. The molecule has 0 aromatic heterocycles. The highest BCUT2D eigenvalue weighted by Crippen LogP contribution is 2.17. The molecule has 0 aliphatic carbocycles. The van der Waals surface area contributed by atoms with Crippen LogP contribution in [0.25, 0.3) is 6.08 Å². The molecule has 3 aromatic rings. The predicted octanol–water partition coefficient (Wildman–Crippen LogP) is 4.66. The second-order valence-corrected chi connectivity index (χ2v) is 7.43. The fourth-order valence-corrected chi connectivity index (χ4v) is 3.35. The van der Waals surface area contributed by atoms with Crippen molar-refractivity contribution < 1.29 is 4.79 Å². The standard InChI is InChI=1S/C26H27N3O/c1-19(17-21-11-8-14-23(18-21)25(27)28)24(16-15-20-9-4-2-5-10-20)29-26(30)22-12-6-3-7-13-22/h2-16,18-19,24H,17H2,1H3,(H3,27,28)(H,29,30)/b16-15+/t19-,24?/m1/s1. The van der Waals surface area contributed by atoms with E-state index in [0.29, 0.717) is 11.1 Å². The Labute approximate surface area is 178 Å². The van der Waals surface area contributed by atoms with Crippen LogP contribution in [0.3, 0.4) is 0 Å². The molecule has 0 spiro atoms. The Balaban J connectivity index is 1.80. The first-order chi connectivity index (χ1) is 14.5. The van der Waals surface area contributed by atoms with Crippen molar-refractivity contribution in [2.45, 2.75) is 19.4 Å². The van der Waals surface area contributed by atoms with Gasteiger partial charge in [-0.05, 0) is 41.7 Å². The van der Waals surface area contributed by atoms with E-state index in [1.54, 1.807) is 0 Å². The highest BCUT2D eigenvalue weighted by molar-refractivity contribution is 5.95. The monoisotopic (exact) mass is 397 g/mol. The third-order valence-electron chi connectivity index (χ3n) is 5.04. The molecular weight excluding hydrogens is 370 g/mol. The third kappa shape index (κ3) is 5.92. The summed E-state index contributed by atoms with van der Waals surface area (Å²) in [6.45, 7) is 2.12. The Morgan fingerprint density at radius 1 is 0.967 bits per heavy atom. The molecule has 0 radical (unpaired) electrons. The molecule has 0 saturated heterocycles. The number of hydrogen-bond acceptors (Lipinski definition) is 2. The molecule has 4 heteroatoms. The fourth-order valence-electron chi connectivity index (χ4n) is 3.35. The first-order valence-corrected chi connectivity index (χ1v) is 10.1. The minimum absolute atomic E-state index is 0.0578. The zero-order chi connectivity index (χ0) is 21.3. The van der Waals surface area contributed by atoms with Gasteiger partial charge in [-0.2, -0.15) is 0 Å². The van der Waals surface area contributed by atoms with Gasteiger partial charge in [-0.1, -0.05) is 85.8 Å². The van der Waals surface area contributed by atoms with Crippen molar-refractivity contribution in [2.75, 3.05) is 0 Å². The highest BCUT2D eigenvalue weighted by atomic mass is 16.1. The van der Waals surface area contributed by atoms with Gasteiger partial charge in [0, 0.05) is 11.1 Å². The van der Waals surface area contributed by atoms with Crippen LogP contribution in [-0.4, -0.2) is 17.8 Å².